The Labute approximate surface area is 156 Å². The number of hydrogen-bond donors (Lipinski definition) is 1. The molecule has 1 amide bonds. The lowest BCUT2D eigenvalue weighted by Gasteiger charge is -2.35. The van der Waals surface area contributed by atoms with Crippen LogP contribution in [0, 0.1) is 6.92 Å². The van der Waals surface area contributed by atoms with Gasteiger partial charge in [-0.2, -0.15) is 0 Å². The van der Waals surface area contributed by atoms with E-state index in [9.17, 15) is 4.79 Å². The van der Waals surface area contributed by atoms with Gasteiger partial charge in [0.25, 0.3) is 5.91 Å². The molecule has 3 rings (SSSR count). The average molecular weight is 352 g/mol. The average Bonchev–Trinajstić information content (AvgIpc) is 2.62. The standard InChI is InChI=1S/C22H28N2O2/c1-16-6-4-5-7-21(16)13-23-12-19-8-10-20(11-9-19)22(25)24-14-17(2)26-18(3)15-24/h4-11,17-18,23H,12-15H2,1-3H3. The molecule has 0 aromatic heterocycles. The number of nitrogens with one attached hydrogen (secondary N) is 1. The number of carbonyl (C=O) groups excluding carboxylic acids is 1. The zero-order valence-corrected chi connectivity index (χ0v) is 15.9. The molecule has 2 unspecified atom stereocenters. The van der Waals surface area contributed by atoms with Gasteiger partial charge in [-0.15, -0.1) is 0 Å². The second-order valence-electron chi connectivity index (χ2n) is 7.19. The number of amides is 1. The van der Waals surface area contributed by atoms with Crippen LogP contribution in [0.3, 0.4) is 0 Å². The molecule has 1 heterocycles. The molecule has 1 aliphatic heterocycles. The fourth-order valence-corrected chi connectivity index (χ4v) is 3.44. The van der Waals surface area contributed by atoms with E-state index in [1.807, 2.05) is 43.0 Å². The van der Waals surface area contributed by atoms with Crippen LogP contribution in [0.15, 0.2) is 48.5 Å². The highest BCUT2D eigenvalue weighted by Gasteiger charge is 2.26. The minimum Gasteiger partial charge on any atom is -0.372 e. The molecule has 2 atom stereocenters. The summed E-state index contributed by atoms with van der Waals surface area (Å²) in [6.07, 6.45) is 0.181. The van der Waals surface area contributed by atoms with E-state index >= 15 is 0 Å². The van der Waals surface area contributed by atoms with Crippen LogP contribution in [0.5, 0.6) is 0 Å². The Bertz CT molecular complexity index is 732. The van der Waals surface area contributed by atoms with E-state index < -0.39 is 0 Å². The first-order valence-corrected chi connectivity index (χ1v) is 9.32. The second-order valence-corrected chi connectivity index (χ2v) is 7.19. The van der Waals surface area contributed by atoms with Gasteiger partial charge < -0.3 is 15.0 Å². The number of nitrogens with zero attached hydrogens (tertiary/aromatic N) is 1. The third-order valence-corrected chi connectivity index (χ3v) is 4.81. The fraction of sp³-hybridized carbons (Fsp3) is 0.409. The molecule has 1 aliphatic rings. The monoisotopic (exact) mass is 352 g/mol. The lowest BCUT2D eigenvalue weighted by Crippen LogP contribution is -2.48. The molecule has 4 nitrogen and oxygen atoms in total. The predicted octanol–water partition coefficient (Wildman–Crippen LogP) is 3.53. The van der Waals surface area contributed by atoms with Gasteiger partial charge in [-0.25, -0.2) is 0 Å². The molecule has 0 radical (unpaired) electrons. The highest BCUT2D eigenvalue weighted by atomic mass is 16.5. The molecule has 1 fully saturated rings. The highest BCUT2D eigenvalue weighted by molar-refractivity contribution is 5.94. The summed E-state index contributed by atoms with van der Waals surface area (Å²) in [5.41, 5.74) is 4.54. The van der Waals surface area contributed by atoms with Crippen molar-refractivity contribution in [2.75, 3.05) is 13.1 Å². The van der Waals surface area contributed by atoms with E-state index in [1.54, 1.807) is 0 Å². The largest absolute Gasteiger partial charge is 0.372 e. The number of morpholine rings is 1. The molecule has 0 saturated carbocycles. The van der Waals surface area contributed by atoms with Gasteiger partial charge in [0.05, 0.1) is 12.2 Å². The van der Waals surface area contributed by atoms with E-state index in [0.29, 0.717) is 13.1 Å². The first kappa shape index (κ1) is 18.6. The van der Waals surface area contributed by atoms with Crippen molar-refractivity contribution in [3.8, 4) is 0 Å². The Balaban J connectivity index is 1.54. The molecule has 0 bridgehead atoms. The van der Waals surface area contributed by atoms with Gasteiger partial charge in [0.1, 0.15) is 0 Å². The van der Waals surface area contributed by atoms with Crippen molar-refractivity contribution in [1.82, 2.24) is 10.2 Å². The van der Waals surface area contributed by atoms with Crippen LogP contribution in [0.4, 0.5) is 0 Å². The smallest absolute Gasteiger partial charge is 0.254 e. The SMILES string of the molecule is Cc1ccccc1CNCc1ccc(C(=O)N2CC(C)OC(C)C2)cc1. The summed E-state index contributed by atoms with van der Waals surface area (Å²) >= 11 is 0. The first-order chi connectivity index (χ1) is 12.5. The number of ether oxygens (including phenoxy) is 1. The van der Waals surface area contributed by atoms with E-state index in [1.165, 1.54) is 16.7 Å². The van der Waals surface area contributed by atoms with E-state index in [0.717, 1.165) is 18.7 Å². The predicted molar refractivity (Wildman–Crippen MR) is 104 cm³/mol. The van der Waals surface area contributed by atoms with Gasteiger partial charge in [-0.1, -0.05) is 36.4 Å². The highest BCUT2D eigenvalue weighted by Crippen LogP contribution is 2.15. The summed E-state index contributed by atoms with van der Waals surface area (Å²) in [4.78, 5) is 14.6. The summed E-state index contributed by atoms with van der Waals surface area (Å²) in [6.45, 7) is 9.10. The van der Waals surface area contributed by atoms with Crippen molar-refractivity contribution >= 4 is 5.91 Å². The van der Waals surface area contributed by atoms with Crippen LogP contribution in [0.2, 0.25) is 0 Å². The first-order valence-electron chi connectivity index (χ1n) is 9.32. The molecule has 26 heavy (non-hydrogen) atoms. The molecular formula is C22H28N2O2. The van der Waals surface area contributed by atoms with Crippen LogP contribution in [-0.2, 0) is 17.8 Å². The molecule has 2 aromatic rings. The van der Waals surface area contributed by atoms with Crippen molar-refractivity contribution in [3.05, 3.63) is 70.8 Å². The van der Waals surface area contributed by atoms with Crippen molar-refractivity contribution in [2.24, 2.45) is 0 Å². The summed E-state index contributed by atoms with van der Waals surface area (Å²) in [7, 11) is 0. The summed E-state index contributed by atoms with van der Waals surface area (Å²) in [6, 6.07) is 16.3. The molecule has 2 aromatic carbocycles. The maximum absolute atomic E-state index is 12.7. The summed E-state index contributed by atoms with van der Waals surface area (Å²) in [5, 5.41) is 3.47. The summed E-state index contributed by atoms with van der Waals surface area (Å²) in [5.74, 6) is 0.0893. The van der Waals surface area contributed by atoms with Gasteiger partial charge in [0, 0.05) is 31.7 Å². The van der Waals surface area contributed by atoms with Crippen molar-refractivity contribution in [1.29, 1.82) is 0 Å². The van der Waals surface area contributed by atoms with E-state index in [2.05, 4.69) is 36.5 Å². The van der Waals surface area contributed by atoms with Crippen LogP contribution >= 0.6 is 0 Å². The van der Waals surface area contributed by atoms with E-state index in [4.69, 9.17) is 4.74 Å². The molecule has 4 heteroatoms. The van der Waals surface area contributed by atoms with Crippen LogP contribution in [0.25, 0.3) is 0 Å². The minimum atomic E-state index is 0.0893. The van der Waals surface area contributed by atoms with E-state index in [-0.39, 0.29) is 18.1 Å². The van der Waals surface area contributed by atoms with Gasteiger partial charge in [-0.3, -0.25) is 4.79 Å². The van der Waals surface area contributed by atoms with Gasteiger partial charge in [-0.05, 0) is 49.6 Å². The zero-order chi connectivity index (χ0) is 18.5. The number of rotatable bonds is 5. The lowest BCUT2D eigenvalue weighted by atomic mass is 10.1. The Hall–Kier alpha value is -2.17. The lowest BCUT2D eigenvalue weighted by molar-refractivity contribution is -0.0586. The van der Waals surface area contributed by atoms with Gasteiger partial charge >= 0.3 is 0 Å². The molecule has 0 spiro atoms. The fourth-order valence-electron chi connectivity index (χ4n) is 3.44. The summed E-state index contributed by atoms with van der Waals surface area (Å²) < 4.78 is 5.71. The Morgan fingerprint density at radius 2 is 1.69 bits per heavy atom. The molecule has 138 valence electrons. The number of hydrogen-bond acceptors (Lipinski definition) is 3. The third kappa shape index (κ3) is 4.71. The van der Waals surface area contributed by atoms with Crippen molar-refractivity contribution in [2.45, 2.75) is 46.1 Å². The van der Waals surface area contributed by atoms with Crippen molar-refractivity contribution in [3.63, 3.8) is 0 Å². The number of aryl methyl sites for hydroxylation is 1. The normalized spacial score (nSPS) is 20.2. The quantitative estimate of drug-likeness (QED) is 0.895. The molecule has 1 N–H and O–H groups in total. The van der Waals surface area contributed by atoms with Gasteiger partial charge in [0.2, 0.25) is 0 Å². The van der Waals surface area contributed by atoms with Crippen LogP contribution < -0.4 is 5.32 Å². The van der Waals surface area contributed by atoms with Crippen LogP contribution in [0.1, 0.15) is 40.9 Å². The molecule has 1 saturated heterocycles. The number of benzene rings is 2. The van der Waals surface area contributed by atoms with Gasteiger partial charge in [0.15, 0.2) is 0 Å². The minimum absolute atomic E-state index is 0.0893. The maximum Gasteiger partial charge on any atom is 0.254 e. The Kier molecular flexibility index (Phi) is 6.07. The third-order valence-electron chi connectivity index (χ3n) is 4.81. The number of carbonyl (C=O) groups is 1. The van der Waals surface area contributed by atoms with Crippen LogP contribution in [-0.4, -0.2) is 36.1 Å². The maximum atomic E-state index is 12.7. The Morgan fingerprint density at radius 3 is 2.35 bits per heavy atom. The van der Waals surface area contributed by atoms with Crippen molar-refractivity contribution < 1.29 is 9.53 Å². The topological polar surface area (TPSA) is 41.6 Å². The second kappa shape index (κ2) is 8.47. The molecule has 0 aliphatic carbocycles. The zero-order valence-electron chi connectivity index (χ0n) is 15.9. The Morgan fingerprint density at radius 1 is 1.04 bits per heavy atom. The molecular weight excluding hydrogens is 324 g/mol.